The van der Waals surface area contributed by atoms with Gasteiger partial charge in [-0.05, 0) is 80.2 Å². The van der Waals surface area contributed by atoms with Gasteiger partial charge < -0.3 is 9.64 Å². The van der Waals surface area contributed by atoms with E-state index in [1.165, 1.54) is 23.5 Å². The third-order valence-corrected chi connectivity index (χ3v) is 7.46. The van der Waals surface area contributed by atoms with Crippen LogP contribution < -0.4 is 9.64 Å². The summed E-state index contributed by atoms with van der Waals surface area (Å²) in [6.45, 7) is 5.53. The number of halogens is 1. The van der Waals surface area contributed by atoms with Gasteiger partial charge in [-0.1, -0.05) is 11.3 Å². The zero-order valence-corrected chi connectivity index (χ0v) is 21.7. The average Bonchev–Trinajstić information content (AvgIpc) is 3.27. The number of anilines is 1. The normalized spacial score (nSPS) is 11.6. The Bertz CT molecular complexity index is 1560. The summed E-state index contributed by atoms with van der Waals surface area (Å²) in [5.41, 5.74) is 2.13. The molecule has 8 nitrogen and oxygen atoms in total. The van der Waals surface area contributed by atoms with Gasteiger partial charge in [0.05, 0.1) is 26.5 Å². The lowest BCUT2D eigenvalue weighted by molar-refractivity contribution is 0.481. The zero-order chi connectivity index (χ0) is 25.7. The molecule has 0 radical (unpaired) electrons. The summed E-state index contributed by atoms with van der Waals surface area (Å²) in [7, 11) is -4.79. The second-order valence-corrected chi connectivity index (χ2v) is 10.6. The fourth-order valence-corrected chi connectivity index (χ4v) is 5.20. The lowest BCUT2D eigenvalue weighted by Crippen LogP contribution is -2.22. The SMILES string of the molecule is CCN(CC)c1ccc(N=Nc2nc3ccc(SC#N)cc3s2)cc1Oc1ccc(S(=O)(=O)F)cc1. The number of nitriles is 1. The topological polar surface area (TPSA) is 108 Å². The van der Waals surface area contributed by atoms with Crippen molar-refractivity contribution in [2.24, 2.45) is 10.2 Å². The molecule has 4 rings (SSSR count). The van der Waals surface area contributed by atoms with E-state index in [0.29, 0.717) is 22.3 Å². The summed E-state index contributed by atoms with van der Waals surface area (Å²) >= 11 is 2.45. The quantitative estimate of drug-likeness (QED) is 0.0930. The van der Waals surface area contributed by atoms with Crippen LogP contribution in [0, 0.1) is 10.7 Å². The first-order valence-electron chi connectivity index (χ1n) is 10.8. The number of thiocyanates is 1. The molecule has 4 aromatic rings. The maximum Gasteiger partial charge on any atom is 0.332 e. The molecule has 3 aromatic carbocycles. The summed E-state index contributed by atoms with van der Waals surface area (Å²) in [6.07, 6.45) is 0. The van der Waals surface area contributed by atoms with Crippen LogP contribution in [0.15, 0.2) is 80.7 Å². The van der Waals surface area contributed by atoms with Crippen molar-refractivity contribution in [2.75, 3.05) is 18.0 Å². The smallest absolute Gasteiger partial charge is 0.332 e. The minimum Gasteiger partial charge on any atom is -0.455 e. The van der Waals surface area contributed by atoms with Gasteiger partial charge in [-0.2, -0.15) is 13.7 Å². The Morgan fingerprint density at radius 1 is 1.08 bits per heavy atom. The van der Waals surface area contributed by atoms with Gasteiger partial charge in [0, 0.05) is 24.1 Å². The van der Waals surface area contributed by atoms with Gasteiger partial charge in [-0.3, -0.25) is 0 Å². The molecule has 0 amide bonds. The van der Waals surface area contributed by atoms with E-state index < -0.39 is 15.1 Å². The molecular weight excluding hydrogens is 521 g/mol. The van der Waals surface area contributed by atoms with Gasteiger partial charge in [0.15, 0.2) is 5.75 Å². The monoisotopic (exact) mass is 541 g/mol. The number of benzene rings is 3. The Labute approximate surface area is 216 Å². The molecule has 0 bridgehead atoms. The summed E-state index contributed by atoms with van der Waals surface area (Å²) in [4.78, 5) is 6.97. The van der Waals surface area contributed by atoms with Crippen LogP contribution >= 0.6 is 23.1 Å². The molecule has 0 N–H and O–H groups in total. The number of aromatic nitrogens is 1. The fraction of sp³-hybridized carbons (Fsp3) is 0.167. The number of nitrogens with zero attached hydrogens (tertiary/aromatic N) is 5. The van der Waals surface area contributed by atoms with Crippen molar-refractivity contribution in [3.63, 3.8) is 0 Å². The van der Waals surface area contributed by atoms with E-state index in [2.05, 4.69) is 25.5 Å². The Morgan fingerprint density at radius 3 is 2.50 bits per heavy atom. The molecule has 0 saturated heterocycles. The first-order valence-corrected chi connectivity index (χ1v) is 13.8. The van der Waals surface area contributed by atoms with Crippen molar-refractivity contribution in [1.82, 2.24) is 4.98 Å². The van der Waals surface area contributed by atoms with Crippen LogP contribution in [0.2, 0.25) is 0 Å². The van der Waals surface area contributed by atoms with E-state index in [0.717, 1.165) is 57.8 Å². The third-order valence-electron chi connectivity index (χ3n) is 5.14. The van der Waals surface area contributed by atoms with E-state index in [9.17, 15) is 12.3 Å². The number of thiazole rings is 1. The maximum absolute atomic E-state index is 13.2. The van der Waals surface area contributed by atoms with E-state index >= 15 is 0 Å². The van der Waals surface area contributed by atoms with Crippen LogP contribution in [-0.4, -0.2) is 26.5 Å². The number of hydrogen-bond donors (Lipinski definition) is 0. The lowest BCUT2D eigenvalue weighted by atomic mass is 10.2. The highest BCUT2D eigenvalue weighted by atomic mass is 32.3. The second kappa shape index (κ2) is 11.0. The van der Waals surface area contributed by atoms with Crippen molar-refractivity contribution in [3.05, 3.63) is 60.7 Å². The minimum absolute atomic E-state index is 0.349. The van der Waals surface area contributed by atoms with Gasteiger partial charge in [0.2, 0.25) is 5.13 Å². The molecule has 0 aliphatic rings. The molecule has 36 heavy (non-hydrogen) atoms. The van der Waals surface area contributed by atoms with Gasteiger partial charge in [-0.15, -0.1) is 14.1 Å². The summed E-state index contributed by atoms with van der Waals surface area (Å²) in [6, 6.07) is 16.1. The Kier molecular flexibility index (Phi) is 7.83. The number of rotatable bonds is 9. The predicted octanol–water partition coefficient (Wildman–Crippen LogP) is 7.58. The number of fused-ring (bicyclic) bond motifs is 1. The Morgan fingerprint density at radius 2 is 1.83 bits per heavy atom. The molecule has 0 fully saturated rings. The number of hydrogen-bond acceptors (Lipinski definition) is 10. The van der Waals surface area contributed by atoms with Crippen LogP contribution in [0.1, 0.15) is 13.8 Å². The van der Waals surface area contributed by atoms with Crippen molar-refractivity contribution >= 4 is 60.0 Å². The molecule has 12 heteroatoms. The zero-order valence-electron chi connectivity index (χ0n) is 19.3. The Balaban J connectivity index is 1.63. The molecule has 0 unspecified atom stereocenters. The summed E-state index contributed by atoms with van der Waals surface area (Å²) in [5, 5.41) is 20.0. The molecule has 184 valence electrons. The standard InChI is InChI=1S/C24H20FN5O3S3/c1-3-30(4-2)21-12-5-16(13-22(21)33-17-6-9-19(10-7-17)36(25,31)32)28-29-24-27-20-11-8-18(34-15-26)14-23(20)35-24/h5-14H,3-4H2,1-2H3. The second-order valence-electron chi connectivity index (χ2n) is 7.35. The molecule has 0 aliphatic heterocycles. The van der Waals surface area contributed by atoms with Crippen molar-refractivity contribution in [2.45, 2.75) is 23.6 Å². The Hall–Kier alpha value is -3.53. The van der Waals surface area contributed by atoms with Gasteiger partial charge in [0.25, 0.3) is 0 Å². The molecule has 0 aliphatic carbocycles. The van der Waals surface area contributed by atoms with Crippen LogP contribution in [-0.2, 0) is 10.2 Å². The predicted molar refractivity (Wildman–Crippen MR) is 140 cm³/mol. The number of ether oxygens (including phenoxy) is 1. The fourth-order valence-electron chi connectivity index (χ4n) is 3.42. The van der Waals surface area contributed by atoms with Gasteiger partial charge >= 0.3 is 10.2 Å². The first kappa shape index (κ1) is 25.6. The van der Waals surface area contributed by atoms with Crippen molar-refractivity contribution in [3.8, 4) is 16.9 Å². The molecule has 1 aromatic heterocycles. The molecule has 1 heterocycles. The van der Waals surface area contributed by atoms with Crippen molar-refractivity contribution < 1.29 is 17.0 Å². The summed E-state index contributed by atoms with van der Waals surface area (Å²) in [5.74, 6) is 0.843. The van der Waals surface area contributed by atoms with Gasteiger partial charge in [0.1, 0.15) is 11.2 Å². The number of azo groups is 1. The third kappa shape index (κ3) is 5.99. The van der Waals surface area contributed by atoms with Crippen LogP contribution in [0.25, 0.3) is 10.2 Å². The van der Waals surface area contributed by atoms with E-state index in [4.69, 9.17) is 10.00 Å². The van der Waals surface area contributed by atoms with Crippen LogP contribution in [0.5, 0.6) is 11.5 Å². The minimum atomic E-state index is -4.79. The molecular formula is C24H20FN5O3S3. The highest BCUT2D eigenvalue weighted by Crippen LogP contribution is 2.37. The van der Waals surface area contributed by atoms with Crippen molar-refractivity contribution in [1.29, 1.82) is 5.26 Å². The molecule has 0 atom stereocenters. The van der Waals surface area contributed by atoms with E-state index in [1.54, 1.807) is 6.07 Å². The van der Waals surface area contributed by atoms with Crippen LogP contribution in [0.3, 0.4) is 0 Å². The molecule has 0 saturated carbocycles. The largest absolute Gasteiger partial charge is 0.455 e. The van der Waals surface area contributed by atoms with E-state index in [1.807, 2.05) is 44.2 Å². The summed E-state index contributed by atoms with van der Waals surface area (Å²) < 4.78 is 42.4. The maximum atomic E-state index is 13.2. The molecule has 0 spiro atoms. The lowest BCUT2D eigenvalue weighted by Gasteiger charge is -2.24. The van der Waals surface area contributed by atoms with Crippen LogP contribution in [0.4, 0.5) is 20.4 Å². The highest BCUT2D eigenvalue weighted by Gasteiger charge is 2.15. The first-order chi connectivity index (χ1) is 17.3. The average molecular weight is 542 g/mol. The number of thioether (sulfide) groups is 1. The van der Waals surface area contributed by atoms with Gasteiger partial charge in [-0.25, -0.2) is 4.98 Å². The highest BCUT2D eigenvalue weighted by molar-refractivity contribution is 8.03. The van der Waals surface area contributed by atoms with E-state index in [-0.39, 0.29) is 0 Å².